The number of nitrogens with zero attached hydrogens (tertiary/aromatic N) is 2. The highest BCUT2D eigenvalue weighted by atomic mass is 32.1. The summed E-state index contributed by atoms with van der Waals surface area (Å²) in [6, 6.07) is 15.1. The van der Waals surface area contributed by atoms with Gasteiger partial charge in [0.15, 0.2) is 6.10 Å². The van der Waals surface area contributed by atoms with Gasteiger partial charge >= 0.3 is 0 Å². The van der Waals surface area contributed by atoms with E-state index in [1.807, 2.05) is 54.8 Å². The van der Waals surface area contributed by atoms with E-state index in [0.717, 1.165) is 10.8 Å². The molecule has 4 rings (SSSR count). The standard InChI is InChI=1S/C23H23N3O4S/c1-15-7-9-17(10-8-15)29-13-21-25-16(14-31-21)11-22(27)26-12-20(23(28)24-2)30-19-6-4-3-5-18(19)26/h3-10,14,20H,11-13H2,1-2H3,(H,24,28). The molecule has 1 atom stereocenters. The molecule has 0 aliphatic carbocycles. The van der Waals surface area contributed by atoms with Crippen molar-refractivity contribution in [1.82, 2.24) is 10.3 Å². The van der Waals surface area contributed by atoms with Crippen LogP contribution in [0.15, 0.2) is 53.9 Å². The topological polar surface area (TPSA) is 80.8 Å². The van der Waals surface area contributed by atoms with Crippen molar-refractivity contribution in [3.63, 3.8) is 0 Å². The van der Waals surface area contributed by atoms with E-state index in [-0.39, 0.29) is 24.8 Å². The molecule has 1 aliphatic heterocycles. The van der Waals surface area contributed by atoms with Crippen LogP contribution in [0.4, 0.5) is 5.69 Å². The molecular formula is C23H23N3O4S. The Hall–Kier alpha value is -3.39. The number of benzene rings is 2. The van der Waals surface area contributed by atoms with Crippen molar-refractivity contribution in [2.75, 3.05) is 18.5 Å². The molecule has 0 spiro atoms. The lowest BCUT2D eigenvalue weighted by molar-refractivity contribution is -0.127. The largest absolute Gasteiger partial charge is 0.486 e. The summed E-state index contributed by atoms with van der Waals surface area (Å²) in [5.41, 5.74) is 2.51. The number of carbonyl (C=O) groups is 2. The average Bonchev–Trinajstić information content (AvgIpc) is 3.24. The number of aryl methyl sites for hydroxylation is 1. The van der Waals surface area contributed by atoms with Crippen LogP contribution in [-0.2, 0) is 22.6 Å². The van der Waals surface area contributed by atoms with Crippen LogP contribution in [0.2, 0.25) is 0 Å². The molecule has 0 saturated heterocycles. The predicted octanol–water partition coefficient (Wildman–Crippen LogP) is 3.11. The number of carbonyl (C=O) groups excluding carboxylic acids is 2. The van der Waals surface area contributed by atoms with Crippen LogP contribution in [-0.4, -0.2) is 36.5 Å². The van der Waals surface area contributed by atoms with Gasteiger partial charge in [-0.2, -0.15) is 0 Å². The minimum absolute atomic E-state index is 0.135. The summed E-state index contributed by atoms with van der Waals surface area (Å²) in [6.45, 7) is 2.53. The average molecular weight is 438 g/mol. The number of hydrogen-bond acceptors (Lipinski definition) is 6. The Bertz CT molecular complexity index is 1080. The second kappa shape index (κ2) is 9.18. The Morgan fingerprint density at radius 1 is 1.23 bits per heavy atom. The molecule has 0 fully saturated rings. The highest BCUT2D eigenvalue weighted by Crippen LogP contribution is 2.33. The highest BCUT2D eigenvalue weighted by Gasteiger charge is 2.33. The van der Waals surface area contributed by atoms with E-state index in [1.165, 1.54) is 16.9 Å². The number of ether oxygens (including phenoxy) is 2. The summed E-state index contributed by atoms with van der Waals surface area (Å²) < 4.78 is 11.5. The molecule has 2 amide bonds. The lowest BCUT2D eigenvalue weighted by atomic mass is 10.1. The molecule has 7 nitrogen and oxygen atoms in total. The number of amides is 2. The van der Waals surface area contributed by atoms with E-state index in [9.17, 15) is 9.59 Å². The van der Waals surface area contributed by atoms with Gasteiger partial charge in [-0.05, 0) is 31.2 Å². The van der Waals surface area contributed by atoms with Crippen LogP contribution in [0.1, 0.15) is 16.3 Å². The van der Waals surface area contributed by atoms with Crippen molar-refractivity contribution in [2.24, 2.45) is 0 Å². The number of likely N-dealkylation sites (N-methyl/N-ethyl adjacent to an activating group) is 1. The monoisotopic (exact) mass is 437 g/mol. The lowest BCUT2D eigenvalue weighted by Gasteiger charge is -2.34. The smallest absolute Gasteiger partial charge is 0.262 e. The van der Waals surface area contributed by atoms with Gasteiger partial charge < -0.3 is 19.7 Å². The Balaban J connectivity index is 1.43. The fourth-order valence-electron chi connectivity index (χ4n) is 3.29. The van der Waals surface area contributed by atoms with Crippen LogP contribution in [0.25, 0.3) is 0 Å². The van der Waals surface area contributed by atoms with Gasteiger partial charge in [-0.1, -0.05) is 29.8 Å². The molecule has 2 aromatic carbocycles. The lowest BCUT2D eigenvalue weighted by Crippen LogP contribution is -2.50. The molecule has 0 radical (unpaired) electrons. The van der Waals surface area contributed by atoms with Crippen molar-refractivity contribution >= 4 is 28.8 Å². The van der Waals surface area contributed by atoms with Crippen LogP contribution < -0.4 is 19.7 Å². The molecule has 160 valence electrons. The molecule has 1 aromatic heterocycles. The molecule has 0 saturated carbocycles. The third-order valence-corrected chi connectivity index (χ3v) is 5.80. The number of hydrogen-bond donors (Lipinski definition) is 1. The number of para-hydroxylation sites is 2. The third-order valence-electron chi connectivity index (χ3n) is 4.93. The minimum Gasteiger partial charge on any atom is -0.486 e. The number of nitrogens with one attached hydrogen (secondary N) is 1. The van der Waals surface area contributed by atoms with Crippen molar-refractivity contribution in [3.8, 4) is 11.5 Å². The van der Waals surface area contributed by atoms with Gasteiger partial charge in [0.25, 0.3) is 5.91 Å². The Labute approximate surface area is 184 Å². The van der Waals surface area contributed by atoms with Gasteiger partial charge in [-0.15, -0.1) is 11.3 Å². The molecule has 3 aromatic rings. The van der Waals surface area contributed by atoms with Crippen molar-refractivity contribution in [2.45, 2.75) is 26.1 Å². The molecule has 31 heavy (non-hydrogen) atoms. The first-order valence-corrected chi connectivity index (χ1v) is 10.8. The summed E-state index contributed by atoms with van der Waals surface area (Å²) in [5, 5.41) is 5.25. The maximum absolute atomic E-state index is 13.1. The molecule has 2 heterocycles. The van der Waals surface area contributed by atoms with Crippen molar-refractivity contribution in [1.29, 1.82) is 0 Å². The predicted molar refractivity (Wildman–Crippen MR) is 119 cm³/mol. The van der Waals surface area contributed by atoms with Gasteiger partial charge in [0, 0.05) is 12.4 Å². The van der Waals surface area contributed by atoms with Crippen molar-refractivity contribution in [3.05, 3.63) is 70.2 Å². The zero-order valence-electron chi connectivity index (χ0n) is 17.3. The van der Waals surface area contributed by atoms with E-state index < -0.39 is 6.10 Å². The first-order chi connectivity index (χ1) is 15.0. The van der Waals surface area contributed by atoms with Gasteiger partial charge in [-0.3, -0.25) is 9.59 Å². The fraction of sp³-hybridized carbons (Fsp3) is 0.261. The zero-order chi connectivity index (χ0) is 21.8. The Morgan fingerprint density at radius 2 is 2.00 bits per heavy atom. The van der Waals surface area contributed by atoms with Gasteiger partial charge in [0.05, 0.1) is 24.3 Å². The summed E-state index contributed by atoms with van der Waals surface area (Å²) in [7, 11) is 1.55. The van der Waals surface area contributed by atoms with E-state index in [1.54, 1.807) is 18.0 Å². The zero-order valence-corrected chi connectivity index (χ0v) is 18.1. The van der Waals surface area contributed by atoms with Gasteiger partial charge in [-0.25, -0.2) is 4.98 Å². The maximum atomic E-state index is 13.1. The maximum Gasteiger partial charge on any atom is 0.262 e. The second-order valence-electron chi connectivity index (χ2n) is 7.20. The quantitative estimate of drug-likeness (QED) is 0.641. The summed E-state index contributed by atoms with van der Waals surface area (Å²) >= 11 is 1.46. The number of thiazole rings is 1. The molecule has 0 bridgehead atoms. The van der Waals surface area contributed by atoms with Crippen LogP contribution >= 0.6 is 11.3 Å². The summed E-state index contributed by atoms with van der Waals surface area (Å²) in [4.78, 5) is 31.3. The number of anilines is 1. The van der Waals surface area contributed by atoms with Gasteiger partial charge in [0.1, 0.15) is 23.1 Å². The van der Waals surface area contributed by atoms with Crippen LogP contribution in [0.5, 0.6) is 11.5 Å². The van der Waals surface area contributed by atoms with Crippen LogP contribution in [0, 0.1) is 6.92 Å². The molecular weight excluding hydrogens is 414 g/mol. The molecule has 8 heteroatoms. The SMILES string of the molecule is CNC(=O)C1CN(C(=O)Cc2csc(COc3ccc(C)cc3)n2)c2ccccc2O1. The number of rotatable bonds is 6. The van der Waals surface area contributed by atoms with Gasteiger partial charge in [0.2, 0.25) is 5.91 Å². The van der Waals surface area contributed by atoms with Crippen LogP contribution in [0.3, 0.4) is 0 Å². The second-order valence-corrected chi connectivity index (χ2v) is 8.15. The fourth-order valence-corrected chi connectivity index (χ4v) is 4.00. The number of fused-ring (bicyclic) bond motifs is 1. The van der Waals surface area contributed by atoms with E-state index in [4.69, 9.17) is 9.47 Å². The first-order valence-electron chi connectivity index (χ1n) is 9.94. The molecule has 1 N–H and O–H groups in total. The first kappa shape index (κ1) is 20.9. The molecule has 1 unspecified atom stereocenters. The summed E-state index contributed by atoms with van der Waals surface area (Å²) in [6.07, 6.45) is -0.617. The van der Waals surface area contributed by atoms with E-state index >= 15 is 0 Å². The van der Waals surface area contributed by atoms with E-state index in [2.05, 4.69) is 10.3 Å². The van der Waals surface area contributed by atoms with Crippen molar-refractivity contribution < 1.29 is 19.1 Å². The van der Waals surface area contributed by atoms with E-state index in [0.29, 0.717) is 23.7 Å². The third kappa shape index (κ3) is 4.86. The minimum atomic E-state index is -0.752. The number of aromatic nitrogens is 1. The highest BCUT2D eigenvalue weighted by molar-refractivity contribution is 7.09. The molecule has 1 aliphatic rings. The Morgan fingerprint density at radius 3 is 2.77 bits per heavy atom. The summed E-state index contributed by atoms with van der Waals surface area (Å²) in [5.74, 6) is 0.891. The Kier molecular flexibility index (Phi) is 6.18. The normalized spacial score (nSPS) is 15.0.